The summed E-state index contributed by atoms with van der Waals surface area (Å²) >= 11 is 0. The minimum atomic E-state index is -0.656. The molecular formula is C22H24N2O5. The van der Waals surface area contributed by atoms with Crippen molar-refractivity contribution in [3.05, 3.63) is 53.1 Å². The van der Waals surface area contributed by atoms with Crippen molar-refractivity contribution < 1.29 is 23.8 Å². The predicted octanol–water partition coefficient (Wildman–Crippen LogP) is 3.92. The molecule has 0 aromatic heterocycles. The van der Waals surface area contributed by atoms with Crippen LogP contribution in [0.1, 0.15) is 42.3 Å². The van der Waals surface area contributed by atoms with Crippen LogP contribution in [0.4, 0.5) is 5.69 Å². The van der Waals surface area contributed by atoms with Crippen molar-refractivity contribution in [2.75, 3.05) is 19.5 Å². The number of amides is 1. The van der Waals surface area contributed by atoms with Gasteiger partial charge in [0.1, 0.15) is 6.61 Å². The molecule has 1 N–H and O–H groups in total. The van der Waals surface area contributed by atoms with Crippen molar-refractivity contribution in [3.8, 4) is 17.6 Å². The first kappa shape index (κ1) is 21.8. The molecule has 29 heavy (non-hydrogen) atoms. The van der Waals surface area contributed by atoms with Crippen molar-refractivity contribution in [2.45, 2.75) is 27.4 Å². The van der Waals surface area contributed by atoms with Gasteiger partial charge in [0.2, 0.25) is 5.91 Å². The Hall–Kier alpha value is -3.53. The van der Waals surface area contributed by atoms with Gasteiger partial charge in [-0.2, -0.15) is 5.26 Å². The topological polar surface area (TPSA) is 97.6 Å². The van der Waals surface area contributed by atoms with Crippen LogP contribution in [-0.2, 0) is 16.1 Å². The molecule has 2 aromatic rings. The van der Waals surface area contributed by atoms with Crippen molar-refractivity contribution in [1.82, 2.24) is 0 Å². The van der Waals surface area contributed by atoms with Gasteiger partial charge in [0.05, 0.1) is 37.1 Å². The van der Waals surface area contributed by atoms with E-state index in [0.717, 1.165) is 5.56 Å². The van der Waals surface area contributed by atoms with Crippen LogP contribution in [0.25, 0.3) is 0 Å². The fourth-order valence-electron chi connectivity index (χ4n) is 2.36. The van der Waals surface area contributed by atoms with Gasteiger partial charge < -0.3 is 19.5 Å². The first-order valence-electron chi connectivity index (χ1n) is 8.93. The van der Waals surface area contributed by atoms with E-state index >= 15 is 0 Å². The summed E-state index contributed by atoms with van der Waals surface area (Å²) in [7, 11) is 2.92. The molecule has 0 saturated heterocycles. The number of esters is 1. The summed E-state index contributed by atoms with van der Waals surface area (Å²) in [6.45, 7) is 5.33. The Labute approximate surface area is 170 Å². The molecule has 0 saturated carbocycles. The molecule has 0 heterocycles. The molecule has 2 aromatic carbocycles. The molecule has 152 valence electrons. The Morgan fingerprint density at radius 2 is 1.62 bits per heavy atom. The summed E-state index contributed by atoms with van der Waals surface area (Å²) in [5, 5.41) is 11.6. The van der Waals surface area contributed by atoms with E-state index in [-0.39, 0.29) is 23.8 Å². The maximum absolute atomic E-state index is 12.7. The zero-order valence-electron chi connectivity index (χ0n) is 17.2. The number of nitriles is 1. The average molecular weight is 396 g/mol. The van der Waals surface area contributed by atoms with Crippen LogP contribution >= 0.6 is 0 Å². The van der Waals surface area contributed by atoms with Crippen LogP contribution in [0.2, 0.25) is 0 Å². The molecule has 0 aliphatic carbocycles. The summed E-state index contributed by atoms with van der Waals surface area (Å²) in [5.74, 6) is -0.169. The lowest BCUT2D eigenvalue weighted by molar-refractivity contribution is -0.123. The van der Waals surface area contributed by atoms with Gasteiger partial charge in [0, 0.05) is 17.5 Å². The van der Waals surface area contributed by atoms with E-state index in [1.807, 2.05) is 6.07 Å². The van der Waals surface area contributed by atoms with Gasteiger partial charge in [0.15, 0.2) is 11.5 Å². The molecule has 0 unspecified atom stereocenters. The Morgan fingerprint density at radius 3 is 2.14 bits per heavy atom. The highest BCUT2D eigenvalue weighted by atomic mass is 16.5. The minimum absolute atomic E-state index is 0.0194. The zero-order valence-corrected chi connectivity index (χ0v) is 17.2. The first-order valence-corrected chi connectivity index (χ1v) is 8.93. The molecule has 0 spiro atoms. The van der Waals surface area contributed by atoms with Crippen LogP contribution in [0, 0.1) is 16.7 Å². The highest BCUT2D eigenvalue weighted by Gasteiger charge is 2.25. The predicted molar refractivity (Wildman–Crippen MR) is 108 cm³/mol. The molecule has 0 aliphatic rings. The highest BCUT2D eigenvalue weighted by molar-refractivity contribution is 6.03. The molecule has 0 radical (unpaired) electrons. The van der Waals surface area contributed by atoms with Gasteiger partial charge in [0.25, 0.3) is 0 Å². The number of ether oxygens (including phenoxy) is 3. The van der Waals surface area contributed by atoms with Gasteiger partial charge in [-0.15, -0.1) is 0 Å². The number of nitrogens with one attached hydrogen (secondary N) is 1. The van der Waals surface area contributed by atoms with Crippen LogP contribution in [0.5, 0.6) is 11.5 Å². The van der Waals surface area contributed by atoms with Crippen molar-refractivity contribution in [3.63, 3.8) is 0 Å². The third-order valence-corrected chi connectivity index (χ3v) is 4.13. The van der Waals surface area contributed by atoms with E-state index in [2.05, 4.69) is 5.32 Å². The number of rotatable bonds is 6. The Bertz CT molecular complexity index is 937. The van der Waals surface area contributed by atoms with Gasteiger partial charge in [-0.05, 0) is 17.7 Å². The van der Waals surface area contributed by atoms with Gasteiger partial charge in [-0.25, -0.2) is 4.79 Å². The number of anilines is 1. The quantitative estimate of drug-likeness (QED) is 0.743. The monoisotopic (exact) mass is 396 g/mol. The number of carbonyl (C=O) groups is 2. The van der Waals surface area contributed by atoms with Gasteiger partial charge >= 0.3 is 5.97 Å². The van der Waals surface area contributed by atoms with Crippen LogP contribution in [-0.4, -0.2) is 26.1 Å². The Balaban J connectivity index is 2.30. The third kappa shape index (κ3) is 5.48. The lowest BCUT2D eigenvalue weighted by Gasteiger charge is -2.20. The SMILES string of the molecule is COc1cc(NC(=O)C(C)(C)C)c(C(=O)OCc2ccc(C#N)cc2)cc1OC. The largest absolute Gasteiger partial charge is 0.493 e. The van der Waals surface area contributed by atoms with E-state index in [1.165, 1.54) is 26.4 Å². The van der Waals surface area contributed by atoms with E-state index in [4.69, 9.17) is 19.5 Å². The molecule has 7 nitrogen and oxygen atoms in total. The second-order valence-electron chi connectivity index (χ2n) is 7.34. The number of carbonyl (C=O) groups excluding carboxylic acids is 2. The van der Waals surface area contributed by atoms with Crippen LogP contribution in [0.3, 0.4) is 0 Å². The van der Waals surface area contributed by atoms with E-state index in [0.29, 0.717) is 17.1 Å². The van der Waals surface area contributed by atoms with E-state index in [1.54, 1.807) is 45.0 Å². The molecule has 0 aliphatic heterocycles. The van der Waals surface area contributed by atoms with Crippen molar-refractivity contribution in [2.24, 2.45) is 5.41 Å². The number of methoxy groups -OCH3 is 2. The molecule has 0 fully saturated rings. The zero-order chi connectivity index (χ0) is 21.6. The smallest absolute Gasteiger partial charge is 0.340 e. The standard InChI is InChI=1S/C22H24N2O5/c1-22(2,3)21(26)24-17-11-19(28-5)18(27-4)10-16(17)20(25)29-13-15-8-6-14(12-23)7-9-15/h6-11H,13H2,1-5H3,(H,24,26). The highest BCUT2D eigenvalue weighted by Crippen LogP contribution is 2.34. The molecule has 1 amide bonds. The molecule has 7 heteroatoms. The summed E-state index contributed by atoms with van der Waals surface area (Å²) < 4.78 is 15.9. The Morgan fingerprint density at radius 1 is 1.03 bits per heavy atom. The average Bonchev–Trinajstić information content (AvgIpc) is 2.71. The lowest BCUT2D eigenvalue weighted by Crippen LogP contribution is -2.28. The fourth-order valence-corrected chi connectivity index (χ4v) is 2.36. The lowest BCUT2D eigenvalue weighted by atomic mass is 9.95. The summed E-state index contributed by atoms with van der Waals surface area (Å²) in [4.78, 5) is 25.2. The van der Waals surface area contributed by atoms with Gasteiger partial charge in [-0.1, -0.05) is 32.9 Å². The first-order chi connectivity index (χ1) is 13.7. The summed E-state index contributed by atoms with van der Waals surface area (Å²) in [6, 6.07) is 11.7. The van der Waals surface area contributed by atoms with Crippen LogP contribution < -0.4 is 14.8 Å². The second kappa shape index (κ2) is 9.11. The molecule has 0 bridgehead atoms. The summed E-state index contributed by atoms with van der Waals surface area (Å²) in [6.07, 6.45) is 0. The molecular weight excluding hydrogens is 372 g/mol. The minimum Gasteiger partial charge on any atom is -0.493 e. The number of hydrogen-bond donors (Lipinski definition) is 1. The Kier molecular flexibility index (Phi) is 6.84. The number of hydrogen-bond acceptors (Lipinski definition) is 6. The summed E-state index contributed by atoms with van der Waals surface area (Å²) in [5.41, 5.74) is 1.02. The second-order valence-corrected chi connectivity index (χ2v) is 7.34. The third-order valence-electron chi connectivity index (χ3n) is 4.13. The van der Waals surface area contributed by atoms with Crippen LogP contribution in [0.15, 0.2) is 36.4 Å². The fraction of sp³-hybridized carbons (Fsp3) is 0.318. The van der Waals surface area contributed by atoms with Gasteiger partial charge in [-0.3, -0.25) is 4.79 Å². The van der Waals surface area contributed by atoms with Crippen molar-refractivity contribution >= 4 is 17.6 Å². The maximum atomic E-state index is 12.7. The van der Waals surface area contributed by atoms with E-state index < -0.39 is 11.4 Å². The molecule has 0 atom stereocenters. The van der Waals surface area contributed by atoms with E-state index in [9.17, 15) is 9.59 Å². The normalized spacial score (nSPS) is 10.6. The molecule has 2 rings (SSSR count). The van der Waals surface area contributed by atoms with Crippen molar-refractivity contribution in [1.29, 1.82) is 5.26 Å². The number of benzene rings is 2. The maximum Gasteiger partial charge on any atom is 0.340 e. The number of nitrogens with zero attached hydrogens (tertiary/aromatic N) is 1.